The van der Waals surface area contributed by atoms with Crippen LogP contribution in [0, 0.1) is 20.8 Å². The zero-order chi connectivity index (χ0) is 21.7. The third kappa shape index (κ3) is 5.84. The lowest BCUT2D eigenvalue weighted by Crippen LogP contribution is -2.24. The zero-order valence-corrected chi connectivity index (χ0v) is 21.2. The second kappa shape index (κ2) is 10.7. The molecule has 0 fully saturated rings. The van der Waals surface area contributed by atoms with Crippen molar-refractivity contribution in [2.75, 3.05) is 10.7 Å². The summed E-state index contributed by atoms with van der Waals surface area (Å²) in [5, 5.41) is 11.3. The Morgan fingerprint density at radius 3 is 2.40 bits per heavy atom. The minimum Gasteiger partial charge on any atom is -0.274 e. The van der Waals surface area contributed by atoms with Gasteiger partial charge in [-0.2, -0.15) is 0 Å². The Morgan fingerprint density at radius 1 is 1.10 bits per heavy atom. The number of thioether (sulfide) groups is 2. The second-order valence-corrected chi connectivity index (χ2v) is 11.4. The average Bonchev–Trinajstić information content (AvgIpc) is 3.32. The number of thiazole rings is 1. The third-order valence-corrected chi connectivity index (χ3v) is 8.54. The van der Waals surface area contributed by atoms with Crippen LogP contribution >= 0.6 is 46.2 Å². The highest BCUT2D eigenvalue weighted by atomic mass is 32.2. The van der Waals surface area contributed by atoms with E-state index >= 15 is 0 Å². The van der Waals surface area contributed by atoms with Gasteiger partial charge in [0, 0.05) is 23.8 Å². The summed E-state index contributed by atoms with van der Waals surface area (Å²) in [5.74, 6) is 1.77. The minimum atomic E-state index is -0.0310. The Balaban J connectivity index is 1.71. The van der Waals surface area contributed by atoms with E-state index in [0.29, 0.717) is 10.9 Å². The molecule has 0 radical (unpaired) electrons. The molecule has 9 heteroatoms. The van der Waals surface area contributed by atoms with Crippen LogP contribution in [-0.2, 0) is 10.5 Å². The molecule has 160 valence electrons. The first-order valence-electron chi connectivity index (χ1n) is 9.81. The van der Waals surface area contributed by atoms with Gasteiger partial charge in [0.05, 0.1) is 11.4 Å². The molecule has 1 aromatic carbocycles. The van der Waals surface area contributed by atoms with E-state index in [0.717, 1.165) is 36.9 Å². The number of hydrogen-bond acceptors (Lipinski definition) is 8. The van der Waals surface area contributed by atoms with Crippen LogP contribution in [0.5, 0.6) is 0 Å². The normalized spacial score (nSPS) is 11.1. The molecule has 0 saturated carbocycles. The van der Waals surface area contributed by atoms with Gasteiger partial charge < -0.3 is 0 Å². The minimum absolute atomic E-state index is 0.0310. The molecule has 0 spiro atoms. The van der Waals surface area contributed by atoms with Gasteiger partial charge in [-0.15, -0.1) is 21.5 Å². The van der Waals surface area contributed by atoms with Crippen LogP contribution in [0.15, 0.2) is 26.2 Å². The van der Waals surface area contributed by atoms with Gasteiger partial charge in [0.2, 0.25) is 5.91 Å². The molecule has 0 N–H and O–H groups in total. The Morgan fingerprint density at radius 2 is 1.77 bits per heavy atom. The molecule has 0 aliphatic carbocycles. The Hall–Kier alpha value is -1.42. The predicted octanol–water partition coefficient (Wildman–Crippen LogP) is 6.79. The Labute approximate surface area is 194 Å². The summed E-state index contributed by atoms with van der Waals surface area (Å²) in [5.41, 5.74) is 5.23. The standard InChI is InChI=1S/C21H26N4OS4/c1-6-7-8-27-20-23-24-21(30-20)29-12-17-11-28-19(22-17)25(16(5)26)18-14(3)9-13(2)10-15(18)4/h9-11H,6-8,12H2,1-5H3. The topological polar surface area (TPSA) is 59.0 Å². The molecule has 1 amide bonds. The molecule has 0 bridgehead atoms. The molecule has 3 rings (SSSR count). The number of nitrogens with zero attached hydrogens (tertiary/aromatic N) is 4. The average molecular weight is 479 g/mol. The maximum atomic E-state index is 12.5. The number of unbranched alkanes of at least 4 members (excludes halogenated alkanes) is 1. The van der Waals surface area contributed by atoms with E-state index in [1.807, 2.05) is 19.2 Å². The van der Waals surface area contributed by atoms with Crippen molar-refractivity contribution in [1.29, 1.82) is 0 Å². The van der Waals surface area contributed by atoms with Crippen LogP contribution in [0.2, 0.25) is 0 Å². The number of rotatable bonds is 9. The number of carbonyl (C=O) groups excluding carboxylic acids is 1. The summed E-state index contributed by atoms with van der Waals surface area (Å²) in [7, 11) is 0. The fraction of sp³-hybridized carbons (Fsp3) is 0.429. The van der Waals surface area contributed by atoms with E-state index in [9.17, 15) is 4.79 Å². The number of anilines is 2. The van der Waals surface area contributed by atoms with E-state index in [-0.39, 0.29) is 5.91 Å². The first kappa shape index (κ1) is 23.2. The number of hydrogen-bond donors (Lipinski definition) is 0. The van der Waals surface area contributed by atoms with Gasteiger partial charge in [0.15, 0.2) is 13.8 Å². The smallest absolute Gasteiger partial charge is 0.230 e. The van der Waals surface area contributed by atoms with Gasteiger partial charge in [-0.05, 0) is 38.3 Å². The maximum Gasteiger partial charge on any atom is 0.230 e. The summed E-state index contributed by atoms with van der Waals surface area (Å²) in [6.45, 7) is 9.94. The number of amides is 1. The third-order valence-electron chi connectivity index (χ3n) is 4.36. The molecule has 2 heterocycles. The van der Waals surface area contributed by atoms with Crippen LogP contribution in [0.3, 0.4) is 0 Å². The van der Waals surface area contributed by atoms with Gasteiger partial charge in [0.25, 0.3) is 0 Å². The van der Waals surface area contributed by atoms with Crippen LogP contribution in [0.25, 0.3) is 0 Å². The largest absolute Gasteiger partial charge is 0.274 e. The molecule has 3 aromatic rings. The number of aromatic nitrogens is 3. The van der Waals surface area contributed by atoms with Gasteiger partial charge in [-0.1, -0.05) is 65.9 Å². The molecule has 30 heavy (non-hydrogen) atoms. The Kier molecular flexibility index (Phi) is 8.33. The molecule has 0 unspecified atom stereocenters. The molecule has 2 aromatic heterocycles. The molecule has 5 nitrogen and oxygen atoms in total. The number of aryl methyl sites for hydroxylation is 3. The number of benzene rings is 1. The molecular weight excluding hydrogens is 453 g/mol. The molecule has 0 aliphatic heterocycles. The lowest BCUT2D eigenvalue weighted by Gasteiger charge is -2.23. The molecule has 0 atom stereocenters. The molecule has 0 saturated heterocycles. The van der Waals surface area contributed by atoms with E-state index in [2.05, 4.69) is 36.2 Å². The van der Waals surface area contributed by atoms with Crippen molar-refractivity contribution >= 4 is 62.9 Å². The number of carbonyl (C=O) groups is 1. The molecule has 0 aliphatic rings. The van der Waals surface area contributed by atoms with Crippen molar-refractivity contribution in [2.24, 2.45) is 0 Å². The monoisotopic (exact) mass is 478 g/mol. The first-order chi connectivity index (χ1) is 14.4. The van der Waals surface area contributed by atoms with Gasteiger partial charge >= 0.3 is 0 Å². The second-order valence-electron chi connectivity index (χ2n) is 7.05. The van der Waals surface area contributed by atoms with E-state index in [4.69, 9.17) is 4.98 Å². The molecular formula is C21H26N4OS4. The van der Waals surface area contributed by atoms with E-state index in [1.54, 1.807) is 46.7 Å². The van der Waals surface area contributed by atoms with Crippen LogP contribution in [0.1, 0.15) is 49.1 Å². The van der Waals surface area contributed by atoms with Crippen LogP contribution in [-0.4, -0.2) is 26.8 Å². The summed E-state index contributed by atoms with van der Waals surface area (Å²) in [4.78, 5) is 19.0. The van der Waals surface area contributed by atoms with Crippen molar-refractivity contribution in [3.05, 3.63) is 39.9 Å². The maximum absolute atomic E-state index is 12.5. The highest BCUT2D eigenvalue weighted by Crippen LogP contribution is 2.36. The van der Waals surface area contributed by atoms with E-state index < -0.39 is 0 Å². The van der Waals surface area contributed by atoms with Gasteiger partial charge in [-0.25, -0.2) is 4.98 Å². The van der Waals surface area contributed by atoms with Crippen molar-refractivity contribution in [3.63, 3.8) is 0 Å². The van der Waals surface area contributed by atoms with Crippen LogP contribution < -0.4 is 4.90 Å². The highest BCUT2D eigenvalue weighted by Gasteiger charge is 2.22. The Bertz CT molecular complexity index is 991. The lowest BCUT2D eigenvalue weighted by atomic mass is 10.0. The highest BCUT2D eigenvalue weighted by molar-refractivity contribution is 8.02. The van der Waals surface area contributed by atoms with Crippen molar-refractivity contribution in [3.8, 4) is 0 Å². The quantitative estimate of drug-likeness (QED) is 0.249. The SMILES string of the molecule is CCCCSc1nnc(SCc2csc(N(C(C)=O)c3c(C)cc(C)cc3C)n2)s1. The van der Waals surface area contributed by atoms with E-state index in [1.165, 1.54) is 29.7 Å². The van der Waals surface area contributed by atoms with Gasteiger partial charge in [0.1, 0.15) is 0 Å². The van der Waals surface area contributed by atoms with Crippen molar-refractivity contribution in [1.82, 2.24) is 15.2 Å². The predicted molar refractivity (Wildman–Crippen MR) is 131 cm³/mol. The van der Waals surface area contributed by atoms with Crippen LogP contribution in [0.4, 0.5) is 10.8 Å². The summed E-state index contributed by atoms with van der Waals surface area (Å²) < 4.78 is 1.98. The first-order valence-corrected chi connectivity index (χ1v) is 13.5. The van der Waals surface area contributed by atoms with Gasteiger partial charge in [-0.3, -0.25) is 9.69 Å². The summed E-state index contributed by atoms with van der Waals surface area (Å²) in [6, 6.07) is 4.21. The fourth-order valence-corrected chi connectivity index (χ4v) is 7.18. The summed E-state index contributed by atoms with van der Waals surface area (Å²) in [6.07, 6.45) is 2.39. The summed E-state index contributed by atoms with van der Waals surface area (Å²) >= 11 is 6.55. The fourth-order valence-electron chi connectivity index (χ4n) is 3.13. The van der Waals surface area contributed by atoms with Crippen molar-refractivity contribution < 1.29 is 4.79 Å². The van der Waals surface area contributed by atoms with Crippen molar-refractivity contribution in [2.45, 2.75) is 61.9 Å². The lowest BCUT2D eigenvalue weighted by molar-refractivity contribution is -0.115. The zero-order valence-electron chi connectivity index (χ0n) is 17.9.